The van der Waals surface area contributed by atoms with Crippen LogP contribution in [0.25, 0.3) is 11.3 Å². The van der Waals surface area contributed by atoms with Gasteiger partial charge in [0.25, 0.3) is 5.69 Å². The fourth-order valence-electron chi connectivity index (χ4n) is 4.43. The Kier molecular flexibility index (Phi) is 9.21. The zero-order valence-corrected chi connectivity index (χ0v) is 26.8. The van der Waals surface area contributed by atoms with Crippen LogP contribution in [-0.2, 0) is 28.8 Å². The number of phenols is 1. The minimum Gasteiger partial charge on any atom is -0.507 e. The summed E-state index contributed by atoms with van der Waals surface area (Å²) in [7, 11) is 0.723. The highest BCUT2D eigenvalue weighted by Crippen LogP contribution is 2.42. The van der Waals surface area contributed by atoms with E-state index in [1.807, 2.05) is 34.8 Å². The third-order valence-electron chi connectivity index (χ3n) is 6.99. The number of ether oxygens (including phenoxy) is 1. The van der Waals surface area contributed by atoms with Crippen molar-refractivity contribution in [1.82, 2.24) is 9.55 Å². The SMILES string of the molecule is CN(Cc1nc(-c2cc(C(C)(C)C)c(O)c(C(C)(C)C)c2)cn1COCC[Si](C)(C)C)c1ccc([N+](=O)[O-])cc1. The Morgan fingerprint density at radius 2 is 1.57 bits per heavy atom. The van der Waals surface area contributed by atoms with Crippen molar-refractivity contribution >= 4 is 19.4 Å². The number of nitrogens with zero attached hydrogens (tertiary/aromatic N) is 4. The lowest BCUT2D eigenvalue weighted by atomic mass is 9.78. The fourth-order valence-corrected chi connectivity index (χ4v) is 5.19. The molecule has 0 saturated heterocycles. The minimum absolute atomic E-state index is 0.0633. The van der Waals surface area contributed by atoms with E-state index in [1.165, 1.54) is 12.1 Å². The van der Waals surface area contributed by atoms with Crippen LogP contribution < -0.4 is 4.90 Å². The van der Waals surface area contributed by atoms with E-state index in [0.29, 0.717) is 25.6 Å². The lowest BCUT2D eigenvalue weighted by molar-refractivity contribution is -0.384. The number of hydrogen-bond donors (Lipinski definition) is 1. The van der Waals surface area contributed by atoms with Crippen LogP contribution >= 0.6 is 0 Å². The Morgan fingerprint density at radius 3 is 2.05 bits per heavy atom. The van der Waals surface area contributed by atoms with Crippen molar-refractivity contribution in [3.8, 4) is 17.0 Å². The van der Waals surface area contributed by atoms with Crippen LogP contribution in [0.15, 0.2) is 42.6 Å². The average molecular weight is 567 g/mol. The van der Waals surface area contributed by atoms with Gasteiger partial charge in [-0.2, -0.15) is 0 Å². The summed E-state index contributed by atoms with van der Waals surface area (Å²) in [6, 6.07) is 11.7. The molecular formula is C31H46N4O4Si. The molecule has 0 spiro atoms. The van der Waals surface area contributed by atoms with Crippen molar-refractivity contribution in [2.24, 2.45) is 0 Å². The predicted molar refractivity (Wildman–Crippen MR) is 166 cm³/mol. The number of non-ortho nitro benzene ring substituents is 1. The molecule has 1 N–H and O–H groups in total. The van der Waals surface area contributed by atoms with Gasteiger partial charge in [0.1, 0.15) is 18.3 Å². The zero-order valence-electron chi connectivity index (χ0n) is 25.8. The second-order valence-corrected chi connectivity index (χ2v) is 19.5. The molecule has 1 heterocycles. The van der Waals surface area contributed by atoms with Crippen LogP contribution in [0.3, 0.4) is 0 Å². The molecular weight excluding hydrogens is 520 g/mol. The molecule has 218 valence electrons. The average Bonchev–Trinajstić information content (AvgIpc) is 3.22. The molecule has 1 aromatic heterocycles. The summed E-state index contributed by atoms with van der Waals surface area (Å²) in [5.74, 6) is 1.17. The van der Waals surface area contributed by atoms with Gasteiger partial charge >= 0.3 is 0 Å². The summed E-state index contributed by atoms with van der Waals surface area (Å²) in [5, 5.41) is 22.3. The van der Waals surface area contributed by atoms with E-state index in [2.05, 4.69) is 61.2 Å². The van der Waals surface area contributed by atoms with Crippen LogP contribution in [0.2, 0.25) is 25.7 Å². The zero-order chi connectivity index (χ0) is 30.0. The van der Waals surface area contributed by atoms with Gasteiger partial charge in [-0.05, 0) is 41.1 Å². The molecule has 0 radical (unpaired) electrons. The summed E-state index contributed by atoms with van der Waals surface area (Å²) >= 11 is 0. The number of nitro groups is 1. The smallest absolute Gasteiger partial charge is 0.269 e. The highest BCUT2D eigenvalue weighted by Gasteiger charge is 2.27. The van der Waals surface area contributed by atoms with Crippen molar-refractivity contribution in [3.63, 3.8) is 0 Å². The van der Waals surface area contributed by atoms with Crippen molar-refractivity contribution in [3.05, 3.63) is 69.7 Å². The molecule has 0 amide bonds. The van der Waals surface area contributed by atoms with Crippen LogP contribution in [0.5, 0.6) is 5.75 Å². The standard InChI is InChI=1S/C31H46N4O4Si/c1-30(2,3)25-17-22(18-26(29(25)36)31(4,5)6)27-19-34(21-39-15-16-40(8,9)10)28(32-27)20-33(7)23-11-13-24(14-12-23)35(37)38/h11-14,17-19,36H,15-16,20-21H2,1-10H3. The fraction of sp³-hybridized carbons (Fsp3) is 0.516. The first-order valence-electron chi connectivity index (χ1n) is 13.8. The van der Waals surface area contributed by atoms with Gasteiger partial charge in [0.15, 0.2) is 0 Å². The van der Waals surface area contributed by atoms with E-state index in [1.54, 1.807) is 12.1 Å². The number of hydrogen-bond acceptors (Lipinski definition) is 6. The molecule has 0 unspecified atom stereocenters. The lowest BCUT2D eigenvalue weighted by Crippen LogP contribution is -2.23. The molecule has 0 fully saturated rings. The number of imidazole rings is 1. The number of aromatic nitrogens is 2. The Morgan fingerprint density at radius 1 is 1.02 bits per heavy atom. The van der Waals surface area contributed by atoms with E-state index in [-0.39, 0.29) is 16.5 Å². The Hall–Kier alpha value is -3.17. The molecule has 8 nitrogen and oxygen atoms in total. The first-order chi connectivity index (χ1) is 18.4. The van der Waals surface area contributed by atoms with Crippen LogP contribution in [0.4, 0.5) is 11.4 Å². The maximum Gasteiger partial charge on any atom is 0.269 e. The second kappa shape index (κ2) is 11.7. The summed E-state index contributed by atoms with van der Waals surface area (Å²) in [4.78, 5) is 17.8. The van der Waals surface area contributed by atoms with Crippen molar-refractivity contribution in [1.29, 1.82) is 0 Å². The van der Waals surface area contributed by atoms with Gasteiger partial charge < -0.3 is 19.3 Å². The van der Waals surface area contributed by atoms with Crippen molar-refractivity contribution in [2.75, 3.05) is 18.6 Å². The maximum atomic E-state index is 11.2. The molecule has 3 rings (SSSR count). The molecule has 2 aromatic carbocycles. The van der Waals surface area contributed by atoms with E-state index in [4.69, 9.17) is 9.72 Å². The van der Waals surface area contributed by atoms with Gasteiger partial charge in [-0.3, -0.25) is 10.1 Å². The third-order valence-corrected chi connectivity index (χ3v) is 8.69. The molecule has 9 heteroatoms. The molecule has 0 aliphatic heterocycles. The van der Waals surface area contributed by atoms with Crippen molar-refractivity contribution < 1.29 is 14.8 Å². The molecule has 0 bridgehead atoms. The molecule has 40 heavy (non-hydrogen) atoms. The Labute approximate surface area is 240 Å². The largest absolute Gasteiger partial charge is 0.507 e. The normalized spacial score (nSPS) is 12.6. The molecule has 0 aliphatic rings. The molecule has 0 saturated carbocycles. The van der Waals surface area contributed by atoms with Gasteiger partial charge in [-0.1, -0.05) is 61.2 Å². The monoisotopic (exact) mass is 566 g/mol. The number of rotatable bonds is 10. The summed E-state index contributed by atoms with van der Waals surface area (Å²) < 4.78 is 8.16. The van der Waals surface area contributed by atoms with Crippen molar-refractivity contribution in [2.45, 2.75) is 91.3 Å². The predicted octanol–water partition coefficient (Wildman–Crippen LogP) is 7.71. The Bertz CT molecular complexity index is 1290. The van der Waals surface area contributed by atoms with Gasteiger partial charge in [0, 0.05) is 62.4 Å². The molecule has 3 aromatic rings. The number of nitro benzene ring substituents is 1. The first-order valence-corrected chi connectivity index (χ1v) is 17.6. The number of phenolic OH excluding ortho intramolecular Hbond substituents is 1. The van der Waals surface area contributed by atoms with E-state index >= 15 is 0 Å². The second-order valence-electron chi connectivity index (χ2n) is 13.9. The highest BCUT2D eigenvalue weighted by molar-refractivity contribution is 6.76. The van der Waals surface area contributed by atoms with Crippen LogP contribution in [-0.4, -0.2) is 41.3 Å². The van der Waals surface area contributed by atoms with Gasteiger partial charge in [-0.15, -0.1) is 0 Å². The topological polar surface area (TPSA) is 93.7 Å². The van der Waals surface area contributed by atoms with Crippen LogP contribution in [0, 0.1) is 10.1 Å². The van der Waals surface area contributed by atoms with Gasteiger partial charge in [-0.25, -0.2) is 4.98 Å². The molecule has 0 atom stereocenters. The Balaban J connectivity index is 2.02. The molecule has 0 aliphatic carbocycles. The quantitative estimate of drug-likeness (QED) is 0.117. The number of benzene rings is 2. The number of aromatic hydroxyl groups is 1. The van der Waals surface area contributed by atoms with E-state index in [9.17, 15) is 15.2 Å². The van der Waals surface area contributed by atoms with Gasteiger partial charge in [0.05, 0.1) is 17.2 Å². The third kappa shape index (κ3) is 7.94. The first kappa shape index (κ1) is 31.4. The summed E-state index contributed by atoms with van der Waals surface area (Å²) in [6.45, 7) is 21.2. The summed E-state index contributed by atoms with van der Waals surface area (Å²) in [6.07, 6.45) is 2.03. The van der Waals surface area contributed by atoms with E-state index < -0.39 is 13.0 Å². The number of anilines is 1. The summed E-state index contributed by atoms with van der Waals surface area (Å²) in [5.41, 5.74) is 3.97. The van der Waals surface area contributed by atoms with E-state index in [0.717, 1.165) is 39.9 Å². The minimum atomic E-state index is -1.22. The maximum absolute atomic E-state index is 11.2. The van der Waals surface area contributed by atoms with Crippen LogP contribution in [0.1, 0.15) is 58.5 Å². The lowest BCUT2D eigenvalue weighted by Gasteiger charge is -2.28. The highest BCUT2D eigenvalue weighted by atomic mass is 28.3. The van der Waals surface area contributed by atoms with Gasteiger partial charge in [0.2, 0.25) is 0 Å².